The molecule has 16 heavy (non-hydrogen) atoms. The lowest BCUT2D eigenvalue weighted by atomic mass is 9.95. The molecule has 1 aliphatic heterocycles. The van der Waals surface area contributed by atoms with Gasteiger partial charge in [-0.05, 0) is 31.9 Å². The zero-order valence-corrected chi connectivity index (χ0v) is 11.8. The molecular formula is C13H18OS2. The lowest BCUT2D eigenvalue weighted by Crippen LogP contribution is -2.33. The quantitative estimate of drug-likeness (QED) is 0.731. The number of hydrogen-bond donors (Lipinski definition) is 0. The number of hydrogen-bond acceptors (Lipinski definition) is 3. The van der Waals surface area contributed by atoms with Gasteiger partial charge in [0.15, 0.2) is 0 Å². The highest BCUT2D eigenvalue weighted by atomic mass is 33.1. The lowest BCUT2D eigenvalue weighted by Gasteiger charge is -2.27. The molecule has 2 rings (SSSR count). The van der Waals surface area contributed by atoms with E-state index in [-0.39, 0.29) is 10.9 Å². The van der Waals surface area contributed by atoms with Gasteiger partial charge in [-0.3, -0.25) is 0 Å². The van der Waals surface area contributed by atoms with E-state index in [1.54, 1.807) is 0 Å². The van der Waals surface area contributed by atoms with Crippen molar-refractivity contribution in [2.24, 2.45) is 0 Å². The summed E-state index contributed by atoms with van der Waals surface area (Å²) in [5, 5.41) is 0.450. The minimum atomic E-state index is 0.187. The van der Waals surface area contributed by atoms with Crippen LogP contribution in [0, 0.1) is 6.92 Å². The summed E-state index contributed by atoms with van der Waals surface area (Å²) in [5.74, 6) is 0. The fraction of sp³-hybridized carbons (Fsp3) is 0.538. The second-order valence-corrected chi connectivity index (χ2v) is 7.71. The molecule has 1 aromatic rings. The van der Waals surface area contributed by atoms with E-state index in [0.717, 1.165) is 0 Å². The third-order valence-corrected chi connectivity index (χ3v) is 6.74. The van der Waals surface area contributed by atoms with Crippen molar-refractivity contribution >= 4 is 21.6 Å². The summed E-state index contributed by atoms with van der Waals surface area (Å²) in [7, 11) is 5.70. The summed E-state index contributed by atoms with van der Waals surface area (Å²) >= 11 is 0. The Bertz CT molecular complexity index is 376. The van der Waals surface area contributed by atoms with Crippen molar-refractivity contribution in [3.8, 4) is 0 Å². The van der Waals surface area contributed by atoms with Crippen LogP contribution >= 0.6 is 21.6 Å². The maximum atomic E-state index is 5.71. The topological polar surface area (TPSA) is 9.23 Å². The van der Waals surface area contributed by atoms with Crippen LogP contribution in [0.4, 0.5) is 0 Å². The Hall–Kier alpha value is -0.120. The molecule has 88 valence electrons. The van der Waals surface area contributed by atoms with Crippen LogP contribution in [0.5, 0.6) is 0 Å². The molecule has 3 heteroatoms. The highest BCUT2D eigenvalue weighted by molar-refractivity contribution is 8.77. The molecule has 0 N–H and O–H groups in total. The second-order valence-electron chi connectivity index (χ2n) is 4.72. The van der Waals surface area contributed by atoms with Gasteiger partial charge in [-0.1, -0.05) is 45.9 Å². The molecular weight excluding hydrogens is 236 g/mol. The molecule has 1 aromatic carbocycles. The molecule has 0 radical (unpaired) electrons. The summed E-state index contributed by atoms with van der Waals surface area (Å²) in [6, 6.07) is 8.61. The highest BCUT2D eigenvalue weighted by Crippen LogP contribution is 2.59. The third kappa shape index (κ3) is 2.13. The number of ether oxygens (including phenoxy) is 1. The van der Waals surface area contributed by atoms with Gasteiger partial charge in [-0.15, -0.1) is 0 Å². The van der Waals surface area contributed by atoms with Crippen LogP contribution in [0.3, 0.4) is 0 Å². The van der Waals surface area contributed by atoms with E-state index < -0.39 is 0 Å². The molecule has 0 bridgehead atoms. The second kappa shape index (κ2) is 4.63. The minimum absolute atomic E-state index is 0.187. The van der Waals surface area contributed by atoms with Crippen molar-refractivity contribution in [3.63, 3.8) is 0 Å². The molecule has 1 heterocycles. The molecule has 0 amide bonds. The van der Waals surface area contributed by atoms with Crippen molar-refractivity contribution in [1.82, 2.24) is 0 Å². The summed E-state index contributed by atoms with van der Waals surface area (Å²) in [5.41, 5.74) is 2.78. The minimum Gasteiger partial charge on any atom is -0.378 e. The van der Waals surface area contributed by atoms with Gasteiger partial charge in [0, 0.05) is 11.9 Å². The molecule has 0 spiro atoms. The fourth-order valence-electron chi connectivity index (χ4n) is 2.17. The van der Waals surface area contributed by atoms with E-state index >= 15 is 0 Å². The Morgan fingerprint density at radius 3 is 2.56 bits per heavy atom. The normalized spacial score (nSPS) is 28.2. The number of benzene rings is 1. The zero-order valence-electron chi connectivity index (χ0n) is 10.2. The monoisotopic (exact) mass is 254 g/mol. The van der Waals surface area contributed by atoms with Crippen LogP contribution in [0.1, 0.15) is 30.2 Å². The highest BCUT2D eigenvalue weighted by Gasteiger charge is 2.45. The average molecular weight is 254 g/mol. The Labute approximate surface area is 106 Å². The Morgan fingerprint density at radius 2 is 1.94 bits per heavy atom. The molecule has 1 fully saturated rings. The van der Waals surface area contributed by atoms with Gasteiger partial charge >= 0.3 is 0 Å². The molecule has 0 saturated carbocycles. The molecule has 2 atom stereocenters. The van der Waals surface area contributed by atoms with Crippen LogP contribution in [-0.4, -0.2) is 18.0 Å². The van der Waals surface area contributed by atoms with Crippen LogP contribution in [-0.2, 0) is 4.74 Å². The first kappa shape index (κ1) is 12.3. The zero-order chi connectivity index (χ0) is 11.8. The molecule has 1 aliphatic rings. The summed E-state index contributed by atoms with van der Waals surface area (Å²) in [6.07, 6.45) is 0.281. The van der Waals surface area contributed by atoms with E-state index in [1.807, 2.05) is 28.7 Å². The van der Waals surface area contributed by atoms with E-state index in [2.05, 4.69) is 45.0 Å². The van der Waals surface area contributed by atoms with Crippen LogP contribution in [0.2, 0.25) is 0 Å². The van der Waals surface area contributed by atoms with E-state index in [0.29, 0.717) is 5.25 Å². The predicted octanol–water partition coefficient (Wildman–Crippen LogP) is 4.22. The Kier molecular flexibility index (Phi) is 3.57. The third-order valence-electron chi connectivity index (χ3n) is 3.08. The molecule has 1 saturated heterocycles. The van der Waals surface area contributed by atoms with Crippen molar-refractivity contribution in [3.05, 3.63) is 35.4 Å². The lowest BCUT2D eigenvalue weighted by molar-refractivity contribution is 0.0790. The first-order valence-electron chi connectivity index (χ1n) is 5.49. The van der Waals surface area contributed by atoms with E-state index in [4.69, 9.17) is 4.74 Å². The van der Waals surface area contributed by atoms with Crippen LogP contribution in [0.25, 0.3) is 0 Å². The number of methoxy groups -OCH3 is 1. The van der Waals surface area contributed by atoms with Gasteiger partial charge in [-0.2, -0.15) is 0 Å². The largest absolute Gasteiger partial charge is 0.378 e. The van der Waals surface area contributed by atoms with Crippen molar-refractivity contribution in [2.75, 3.05) is 7.11 Å². The first-order chi connectivity index (χ1) is 7.56. The predicted molar refractivity (Wildman–Crippen MR) is 74.0 cm³/mol. The summed E-state index contributed by atoms with van der Waals surface area (Å²) in [6.45, 7) is 6.70. The van der Waals surface area contributed by atoms with Crippen molar-refractivity contribution < 1.29 is 4.74 Å². The van der Waals surface area contributed by atoms with E-state index in [9.17, 15) is 0 Å². The van der Waals surface area contributed by atoms with E-state index in [1.165, 1.54) is 11.1 Å². The van der Waals surface area contributed by atoms with Crippen LogP contribution < -0.4 is 0 Å². The smallest absolute Gasteiger partial charge is 0.0888 e. The maximum absolute atomic E-state index is 5.71. The Balaban J connectivity index is 2.33. The standard InChI is InChI=1S/C13H18OS2/c1-9-7-5-6-8-10(9)11-12(14-4)13(2,3)16-15-11/h5-8,11-12H,1-4H3. The summed E-state index contributed by atoms with van der Waals surface area (Å²) < 4.78 is 5.89. The Morgan fingerprint density at radius 1 is 1.25 bits per heavy atom. The first-order valence-corrected chi connectivity index (χ1v) is 7.70. The van der Waals surface area contributed by atoms with Crippen LogP contribution in [0.15, 0.2) is 24.3 Å². The molecule has 0 aliphatic carbocycles. The maximum Gasteiger partial charge on any atom is 0.0888 e. The van der Waals surface area contributed by atoms with Crippen molar-refractivity contribution in [2.45, 2.75) is 36.9 Å². The fourth-order valence-corrected chi connectivity index (χ4v) is 5.81. The molecule has 2 unspecified atom stereocenters. The van der Waals surface area contributed by atoms with Gasteiger partial charge in [0.05, 0.1) is 11.4 Å². The average Bonchev–Trinajstić information content (AvgIpc) is 2.54. The van der Waals surface area contributed by atoms with Gasteiger partial charge in [-0.25, -0.2) is 0 Å². The van der Waals surface area contributed by atoms with Crippen molar-refractivity contribution in [1.29, 1.82) is 0 Å². The summed E-state index contributed by atoms with van der Waals surface area (Å²) in [4.78, 5) is 0. The molecule has 0 aromatic heterocycles. The SMILES string of the molecule is COC1C(c2ccccc2C)SSC1(C)C. The molecule has 1 nitrogen and oxygen atoms in total. The van der Waals surface area contributed by atoms with Gasteiger partial charge in [0.25, 0.3) is 0 Å². The van der Waals surface area contributed by atoms with Gasteiger partial charge in [0.2, 0.25) is 0 Å². The number of aryl methyl sites for hydroxylation is 1. The van der Waals surface area contributed by atoms with Gasteiger partial charge < -0.3 is 4.74 Å². The van der Waals surface area contributed by atoms with Gasteiger partial charge in [0.1, 0.15) is 0 Å². The number of rotatable bonds is 2.